The summed E-state index contributed by atoms with van der Waals surface area (Å²) < 4.78 is 13.9. The minimum absolute atomic E-state index is 0.286. The zero-order valence-electron chi connectivity index (χ0n) is 12.5. The van der Waals surface area contributed by atoms with Crippen molar-refractivity contribution in [2.24, 2.45) is 0 Å². The first kappa shape index (κ1) is 16.0. The molecule has 2 aromatic carbocycles. The van der Waals surface area contributed by atoms with Gasteiger partial charge >= 0.3 is 0 Å². The molecular formula is C18H21ClFN. The fourth-order valence-electron chi connectivity index (χ4n) is 2.44. The van der Waals surface area contributed by atoms with E-state index in [-0.39, 0.29) is 5.82 Å². The molecule has 0 saturated heterocycles. The summed E-state index contributed by atoms with van der Waals surface area (Å²) in [6.45, 7) is 5.33. The highest BCUT2D eigenvalue weighted by molar-refractivity contribution is 6.30. The average molecular weight is 306 g/mol. The zero-order valence-corrected chi connectivity index (χ0v) is 13.3. The van der Waals surface area contributed by atoms with Crippen molar-refractivity contribution in [1.82, 2.24) is 5.32 Å². The molecule has 0 saturated carbocycles. The zero-order chi connectivity index (χ0) is 15.2. The molecule has 21 heavy (non-hydrogen) atoms. The summed E-state index contributed by atoms with van der Waals surface area (Å²) in [5, 5.41) is 3.94. The lowest BCUT2D eigenvalue weighted by molar-refractivity contribution is 0.518. The summed E-state index contributed by atoms with van der Waals surface area (Å²) in [6, 6.07) is 13.2. The molecule has 1 nitrogen and oxygen atoms in total. The molecule has 1 atom stereocenters. The predicted molar refractivity (Wildman–Crippen MR) is 88.2 cm³/mol. The third-order valence-electron chi connectivity index (χ3n) is 3.60. The van der Waals surface area contributed by atoms with E-state index < -0.39 is 0 Å². The first-order chi connectivity index (χ1) is 10.2. The van der Waals surface area contributed by atoms with Crippen molar-refractivity contribution in [2.45, 2.75) is 32.7 Å². The van der Waals surface area contributed by atoms with Crippen molar-refractivity contribution >= 4 is 11.6 Å². The summed E-state index contributed by atoms with van der Waals surface area (Å²) in [6.07, 6.45) is 2.15. The van der Waals surface area contributed by atoms with Gasteiger partial charge in [0.15, 0.2) is 0 Å². The highest BCUT2D eigenvalue weighted by Crippen LogP contribution is 2.27. The Kier molecular flexibility index (Phi) is 5.77. The van der Waals surface area contributed by atoms with Gasteiger partial charge in [0.1, 0.15) is 5.82 Å². The first-order valence-electron chi connectivity index (χ1n) is 7.44. The Balaban J connectivity index is 2.21. The van der Waals surface area contributed by atoms with Crippen LogP contribution in [0.15, 0.2) is 42.5 Å². The highest BCUT2D eigenvalue weighted by Gasteiger charge is 2.10. The minimum Gasteiger partial charge on any atom is -0.310 e. The van der Waals surface area contributed by atoms with Crippen LogP contribution in [0.2, 0.25) is 5.02 Å². The van der Waals surface area contributed by atoms with Crippen LogP contribution in [0.3, 0.4) is 0 Å². The number of benzene rings is 2. The van der Waals surface area contributed by atoms with Crippen LogP contribution < -0.4 is 5.32 Å². The van der Waals surface area contributed by atoms with Crippen molar-refractivity contribution in [3.63, 3.8) is 0 Å². The van der Waals surface area contributed by atoms with E-state index in [1.54, 1.807) is 12.1 Å². The number of hydrogen-bond donors (Lipinski definition) is 1. The number of halogens is 2. The summed E-state index contributed by atoms with van der Waals surface area (Å²) in [5.41, 5.74) is 2.70. The van der Waals surface area contributed by atoms with Crippen LogP contribution in [0.5, 0.6) is 0 Å². The van der Waals surface area contributed by atoms with Gasteiger partial charge in [-0.25, -0.2) is 4.39 Å². The fraction of sp³-hybridized carbons (Fsp3) is 0.333. The second kappa shape index (κ2) is 7.58. The van der Waals surface area contributed by atoms with E-state index in [0.717, 1.165) is 24.9 Å². The van der Waals surface area contributed by atoms with Gasteiger partial charge in [0.25, 0.3) is 0 Å². The minimum atomic E-state index is -0.286. The smallest absolute Gasteiger partial charge is 0.132 e. The first-order valence-corrected chi connectivity index (χ1v) is 7.82. The molecule has 0 bridgehead atoms. The Hall–Kier alpha value is -1.38. The van der Waals surface area contributed by atoms with Gasteiger partial charge in [-0.15, -0.1) is 0 Å². The molecule has 0 aromatic heterocycles. The molecule has 1 N–H and O–H groups in total. The second-order valence-electron chi connectivity index (χ2n) is 5.16. The van der Waals surface area contributed by atoms with E-state index in [9.17, 15) is 4.39 Å². The SMILES string of the molecule is CCCNC(CC)c1ccc(-c2ccc(Cl)cc2F)cc1. The summed E-state index contributed by atoms with van der Waals surface area (Å²) >= 11 is 5.79. The van der Waals surface area contributed by atoms with Crippen molar-refractivity contribution in [1.29, 1.82) is 0 Å². The lowest BCUT2D eigenvalue weighted by Crippen LogP contribution is -2.21. The molecule has 0 radical (unpaired) electrons. The van der Waals surface area contributed by atoms with Gasteiger partial charge in [0, 0.05) is 16.6 Å². The lowest BCUT2D eigenvalue weighted by Gasteiger charge is -2.17. The molecule has 0 aliphatic rings. The van der Waals surface area contributed by atoms with Crippen LogP contribution in [0.4, 0.5) is 4.39 Å². The van der Waals surface area contributed by atoms with Crippen LogP contribution in [-0.2, 0) is 0 Å². The summed E-state index contributed by atoms with van der Waals surface area (Å²) in [5.74, 6) is -0.286. The molecule has 112 valence electrons. The van der Waals surface area contributed by atoms with Crippen molar-refractivity contribution < 1.29 is 4.39 Å². The summed E-state index contributed by atoms with van der Waals surface area (Å²) in [4.78, 5) is 0. The van der Waals surface area contributed by atoms with Gasteiger partial charge < -0.3 is 5.32 Å². The number of nitrogens with one attached hydrogen (secondary N) is 1. The maximum absolute atomic E-state index is 13.9. The van der Waals surface area contributed by atoms with Gasteiger partial charge in [-0.2, -0.15) is 0 Å². The van der Waals surface area contributed by atoms with Crippen LogP contribution in [0.25, 0.3) is 11.1 Å². The summed E-state index contributed by atoms with van der Waals surface area (Å²) in [7, 11) is 0. The average Bonchev–Trinajstić information content (AvgIpc) is 2.49. The van der Waals surface area contributed by atoms with E-state index >= 15 is 0 Å². The van der Waals surface area contributed by atoms with Crippen molar-refractivity contribution in [3.8, 4) is 11.1 Å². The molecule has 0 aliphatic carbocycles. The third-order valence-corrected chi connectivity index (χ3v) is 3.84. The second-order valence-corrected chi connectivity index (χ2v) is 5.60. The van der Waals surface area contributed by atoms with Gasteiger partial charge in [-0.05, 0) is 48.7 Å². The van der Waals surface area contributed by atoms with Crippen molar-refractivity contribution in [3.05, 3.63) is 58.9 Å². The monoisotopic (exact) mass is 305 g/mol. The van der Waals surface area contributed by atoms with E-state index in [0.29, 0.717) is 16.6 Å². The Morgan fingerprint density at radius 1 is 1.10 bits per heavy atom. The van der Waals surface area contributed by atoms with Crippen LogP contribution in [0.1, 0.15) is 38.3 Å². The largest absolute Gasteiger partial charge is 0.310 e. The quantitative estimate of drug-likeness (QED) is 0.733. The lowest BCUT2D eigenvalue weighted by atomic mass is 9.99. The van der Waals surface area contributed by atoms with Crippen LogP contribution >= 0.6 is 11.6 Å². The third kappa shape index (κ3) is 4.05. The normalized spacial score (nSPS) is 12.4. The van der Waals surface area contributed by atoms with Crippen molar-refractivity contribution in [2.75, 3.05) is 6.54 Å². The molecule has 2 rings (SSSR count). The molecular weight excluding hydrogens is 285 g/mol. The van der Waals surface area contributed by atoms with Gasteiger partial charge in [0.05, 0.1) is 0 Å². The standard InChI is InChI=1S/C18H21ClFN/c1-3-11-21-18(4-2)14-7-5-13(6-8-14)16-10-9-15(19)12-17(16)20/h5-10,12,18,21H,3-4,11H2,1-2H3. The van der Waals surface area contributed by atoms with Crippen LogP contribution in [-0.4, -0.2) is 6.54 Å². The predicted octanol–water partition coefficient (Wildman–Crippen LogP) is 5.60. The Morgan fingerprint density at radius 3 is 2.38 bits per heavy atom. The molecule has 0 amide bonds. The van der Waals surface area contributed by atoms with Gasteiger partial charge in [-0.3, -0.25) is 0 Å². The highest BCUT2D eigenvalue weighted by atomic mass is 35.5. The number of rotatable bonds is 6. The molecule has 0 spiro atoms. The van der Waals surface area contributed by atoms with E-state index in [2.05, 4.69) is 31.3 Å². The molecule has 3 heteroatoms. The van der Waals surface area contributed by atoms with Gasteiger partial charge in [-0.1, -0.05) is 49.7 Å². The molecule has 0 heterocycles. The van der Waals surface area contributed by atoms with Gasteiger partial charge in [0.2, 0.25) is 0 Å². The fourth-order valence-corrected chi connectivity index (χ4v) is 2.59. The molecule has 0 fully saturated rings. The van der Waals surface area contributed by atoms with E-state index in [4.69, 9.17) is 11.6 Å². The Morgan fingerprint density at radius 2 is 1.81 bits per heavy atom. The maximum atomic E-state index is 13.9. The number of hydrogen-bond acceptors (Lipinski definition) is 1. The maximum Gasteiger partial charge on any atom is 0.132 e. The molecule has 0 aliphatic heterocycles. The van der Waals surface area contributed by atoms with E-state index in [1.165, 1.54) is 11.6 Å². The Bertz CT molecular complexity index is 580. The van der Waals surface area contributed by atoms with Crippen LogP contribution in [0, 0.1) is 5.82 Å². The molecule has 1 unspecified atom stereocenters. The van der Waals surface area contributed by atoms with E-state index in [1.807, 2.05) is 12.1 Å². The topological polar surface area (TPSA) is 12.0 Å². The molecule has 2 aromatic rings. The Labute approximate surface area is 131 Å².